The molecule has 1 atom stereocenters. The molecule has 3 aromatic rings. The summed E-state index contributed by atoms with van der Waals surface area (Å²) in [6.07, 6.45) is 0. The lowest BCUT2D eigenvalue weighted by atomic mass is 10.0. The minimum atomic E-state index is -0.307. The van der Waals surface area contributed by atoms with Crippen molar-refractivity contribution in [3.8, 4) is 11.3 Å². The summed E-state index contributed by atoms with van der Waals surface area (Å²) in [6, 6.07) is 15.9. The van der Waals surface area contributed by atoms with Gasteiger partial charge in [0, 0.05) is 12.1 Å². The lowest BCUT2D eigenvalue weighted by Crippen LogP contribution is -2.35. The van der Waals surface area contributed by atoms with Crippen LogP contribution in [-0.4, -0.2) is 41.6 Å². The number of aromatic nitrogens is 2. The molecule has 0 radical (unpaired) electrons. The number of hydrogen-bond donors (Lipinski definition) is 2. The Balaban J connectivity index is 1.70. The molecule has 3 rings (SSSR count). The smallest absolute Gasteiger partial charge is 0.269 e. The van der Waals surface area contributed by atoms with Gasteiger partial charge in [0.15, 0.2) is 0 Å². The van der Waals surface area contributed by atoms with Crippen molar-refractivity contribution in [2.45, 2.75) is 13.0 Å². The lowest BCUT2D eigenvalue weighted by Gasteiger charge is -2.26. The van der Waals surface area contributed by atoms with Crippen LogP contribution in [0.5, 0.6) is 0 Å². The van der Waals surface area contributed by atoms with E-state index < -0.39 is 0 Å². The first-order valence-corrected chi connectivity index (χ1v) is 8.77. The van der Waals surface area contributed by atoms with E-state index in [0.29, 0.717) is 17.9 Å². The highest BCUT2D eigenvalue weighted by Crippen LogP contribution is 2.21. The number of aromatic amines is 1. The van der Waals surface area contributed by atoms with Crippen LogP contribution in [0.25, 0.3) is 11.3 Å². The number of nitrogens with zero attached hydrogens (tertiary/aromatic N) is 2. The summed E-state index contributed by atoms with van der Waals surface area (Å²) in [7, 11) is 3.98. The third-order valence-electron chi connectivity index (χ3n) is 4.59. The second-order valence-electron chi connectivity index (χ2n) is 6.72. The molecule has 27 heavy (non-hydrogen) atoms. The van der Waals surface area contributed by atoms with Crippen molar-refractivity contribution in [1.29, 1.82) is 0 Å². The fraction of sp³-hybridized carbons (Fsp3) is 0.238. The van der Waals surface area contributed by atoms with Gasteiger partial charge in [-0.2, -0.15) is 5.10 Å². The van der Waals surface area contributed by atoms with Crippen molar-refractivity contribution in [2.24, 2.45) is 0 Å². The first kappa shape index (κ1) is 18.8. The first-order chi connectivity index (χ1) is 13.0. The maximum atomic E-state index is 13.0. The van der Waals surface area contributed by atoms with Crippen LogP contribution in [0.1, 0.15) is 27.7 Å². The second-order valence-corrected chi connectivity index (χ2v) is 6.72. The number of hydrogen-bond acceptors (Lipinski definition) is 3. The third kappa shape index (κ3) is 4.41. The molecule has 0 aliphatic heterocycles. The fourth-order valence-corrected chi connectivity index (χ4v) is 3.02. The van der Waals surface area contributed by atoms with Gasteiger partial charge in [0.1, 0.15) is 11.5 Å². The van der Waals surface area contributed by atoms with Crippen molar-refractivity contribution in [1.82, 2.24) is 20.4 Å². The minimum Gasteiger partial charge on any atom is -0.349 e. The molecule has 5 nitrogen and oxygen atoms in total. The van der Waals surface area contributed by atoms with Crippen molar-refractivity contribution < 1.29 is 9.18 Å². The lowest BCUT2D eigenvalue weighted by molar-refractivity contribution is 0.0937. The SMILES string of the molecule is Cc1ccccc1[C@H](CNC(=O)c1cc(-c2ccc(F)cc2)n[nH]1)N(C)C. The number of carbonyl (C=O) groups excluding carboxylic acids is 1. The van der Waals surface area contributed by atoms with Gasteiger partial charge in [-0.15, -0.1) is 0 Å². The van der Waals surface area contributed by atoms with Gasteiger partial charge in [0.25, 0.3) is 5.91 Å². The molecule has 0 unspecified atom stereocenters. The maximum Gasteiger partial charge on any atom is 0.269 e. The van der Waals surface area contributed by atoms with E-state index >= 15 is 0 Å². The van der Waals surface area contributed by atoms with Gasteiger partial charge >= 0.3 is 0 Å². The van der Waals surface area contributed by atoms with Crippen molar-refractivity contribution in [3.63, 3.8) is 0 Å². The minimum absolute atomic E-state index is 0.0645. The van der Waals surface area contributed by atoms with Crippen LogP contribution in [0, 0.1) is 12.7 Å². The standard InChI is InChI=1S/C21H23FN4O/c1-14-6-4-5-7-17(14)20(26(2)3)13-23-21(27)19-12-18(24-25-19)15-8-10-16(22)11-9-15/h4-12,20H,13H2,1-3H3,(H,23,27)(H,24,25)/t20-/m0/s1. The Morgan fingerprint density at radius 1 is 1.19 bits per heavy atom. The van der Waals surface area contributed by atoms with E-state index in [1.54, 1.807) is 18.2 Å². The molecule has 0 bridgehead atoms. The summed E-state index contributed by atoms with van der Waals surface area (Å²) in [6.45, 7) is 2.54. The molecule has 0 aliphatic carbocycles. The van der Waals surface area contributed by atoms with Crippen LogP contribution in [0.3, 0.4) is 0 Å². The van der Waals surface area contributed by atoms with Gasteiger partial charge < -0.3 is 10.2 Å². The topological polar surface area (TPSA) is 61.0 Å². The quantitative estimate of drug-likeness (QED) is 0.701. The van der Waals surface area contributed by atoms with Crippen molar-refractivity contribution in [3.05, 3.63) is 77.2 Å². The van der Waals surface area contributed by atoms with E-state index in [9.17, 15) is 9.18 Å². The summed E-state index contributed by atoms with van der Waals surface area (Å²) >= 11 is 0. The van der Waals surface area contributed by atoms with Crippen LogP contribution in [0.15, 0.2) is 54.6 Å². The monoisotopic (exact) mass is 366 g/mol. The van der Waals surface area contributed by atoms with Gasteiger partial charge in [-0.05, 0) is 62.5 Å². The molecular formula is C21H23FN4O. The van der Waals surface area contributed by atoms with Crippen LogP contribution in [0.4, 0.5) is 4.39 Å². The van der Waals surface area contributed by atoms with Crippen LogP contribution < -0.4 is 5.32 Å². The van der Waals surface area contributed by atoms with Crippen LogP contribution in [-0.2, 0) is 0 Å². The average Bonchev–Trinajstić information content (AvgIpc) is 3.14. The second kappa shape index (κ2) is 8.14. The molecule has 6 heteroatoms. The first-order valence-electron chi connectivity index (χ1n) is 8.77. The molecule has 0 saturated carbocycles. The summed E-state index contributed by atoms with van der Waals surface area (Å²) in [5.74, 6) is -0.533. The van der Waals surface area contributed by atoms with Gasteiger partial charge in [-0.1, -0.05) is 24.3 Å². The molecule has 2 aromatic carbocycles. The van der Waals surface area contributed by atoms with E-state index in [4.69, 9.17) is 0 Å². The Kier molecular flexibility index (Phi) is 5.66. The van der Waals surface area contributed by atoms with E-state index in [1.807, 2.05) is 26.2 Å². The molecular weight excluding hydrogens is 343 g/mol. The number of aryl methyl sites for hydroxylation is 1. The molecule has 0 aliphatic rings. The summed E-state index contributed by atoms with van der Waals surface area (Å²) < 4.78 is 13.0. The van der Waals surface area contributed by atoms with E-state index in [-0.39, 0.29) is 17.8 Å². The normalized spacial score (nSPS) is 12.2. The molecule has 1 amide bonds. The number of likely N-dealkylation sites (N-methyl/N-ethyl adjacent to an activating group) is 1. The number of H-pyrrole nitrogens is 1. The highest BCUT2D eigenvalue weighted by molar-refractivity contribution is 5.93. The summed E-state index contributed by atoms with van der Waals surface area (Å²) in [4.78, 5) is 14.6. The Hall–Kier alpha value is -2.99. The van der Waals surface area contributed by atoms with E-state index in [1.165, 1.54) is 23.3 Å². The highest BCUT2D eigenvalue weighted by Gasteiger charge is 2.18. The predicted molar refractivity (Wildman–Crippen MR) is 104 cm³/mol. The number of carbonyl (C=O) groups is 1. The maximum absolute atomic E-state index is 13.0. The van der Waals surface area contributed by atoms with E-state index in [0.717, 1.165) is 5.56 Å². The zero-order chi connectivity index (χ0) is 19.4. The molecule has 0 saturated heterocycles. The highest BCUT2D eigenvalue weighted by atomic mass is 19.1. The number of halogens is 1. The van der Waals surface area contributed by atoms with Gasteiger partial charge in [-0.25, -0.2) is 4.39 Å². The number of benzene rings is 2. The number of amides is 1. The Labute approximate surface area is 158 Å². The largest absolute Gasteiger partial charge is 0.349 e. The van der Waals surface area contributed by atoms with Crippen molar-refractivity contribution in [2.75, 3.05) is 20.6 Å². The summed E-state index contributed by atoms with van der Waals surface area (Å²) in [5, 5.41) is 9.87. The number of rotatable bonds is 6. The van der Waals surface area contributed by atoms with Crippen molar-refractivity contribution >= 4 is 5.91 Å². The summed E-state index contributed by atoms with van der Waals surface area (Å²) in [5.41, 5.74) is 4.09. The molecule has 1 aromatic heterocycles. The van der Waals surface area contributed by atoms with Gasteiger partial charge in [-0.3, -0.25) is 9.89 Å². The number of nitrogens with one attached hydrogen (secondary N) is 2. The third-order valence-corrected chi connectivity index (χ3v) is 4.59. The van der Waals surface area contributed by atoms with E-state index in [2.05, 4.69) is 39.5 Å². The Morgan fingerprint density at radius 3 is 2.56 bits per heavy atom. The Morgan fingerprint density at radius 2 is 1.89 bits per heavy atom. The Bertz CT molecular complexity index is 918. The zero-order valence-electron chi connectivity index (χ0n) is 15.7. The molecule has 140 valence electrons. The predicted octanol–water partition coefficient (Wildman–Crippen LogP) is 3.56. The molecule has 0 spiro atoms. The van der Waals surface area contributed by atoms with Crippen LogP contribution >= 0.6 is 0 Å². The van der Waals surface area contributed by atoms with Gasteiger partial charge in [0.2, 0.25) is 0 Å². The van der Waals surface area contributed by atoms with Gasteiger partial charge in [0.05, 0.1) is 11.7 Å². The fourth-order valence-electron chi connectivity index (χ4n) is 3.02. The zero-order valence-corrected chi connectivity index (χ0v) is 15.7. The van der Waals surface area contributed by atoms with Crippen LogP contribution in [0.2, 0.25) is 0 Å². The molecule has 0 fully saturated rings. The average molecular weight is 366 g/mol. The molecule has 1 heterocycles. The molecule has 2 N–H and O–H groups in total.